The number of H-pyrrole nitrogens is 1. The lowest BCUT2D eigenvalue weighted by molar-refractivity contribution is 0.0943. The maximum Gasteiger partial charge on any atom is 0.268 e. The molecule has 1 heterocycles. The summed E-state index contributed by atoms with van der Waals surface area (Å²) in [5.41, 5.74) is 1.39. The lowest BCUT2D eigenvalue weighted by Crippen LogP contribution is -2.31. The number of aromatic amines is 1. The van der Waals surface area contributed by atoms with Gasteiger partial charge in [0, 0.05) is 6.20 Å². The van der Waals surface area contributed by atoms with Gasteiger partial charge in [0.15, 0.2) is 0 Å². The Kier molecular flexibility index (Phi) is 2.70. The van der Waals surface area contributed by atoms with Crippen molar-refractivity contribution in [1.82, 2.24) is 10.3 Å². The average Bonchev–Trinajstić information content (AvgIpc) is 2.51. The van der Waals surface area contributed by atoms with Crippen LogP contribution < -0.4 is 5.32 Å². The van der Waals surface area contributed by atoms with Crippen LogP contribution in [0.2, 0.25) is 0 Å². The standard InChI is InChI=1S/C9H11N3O/c1-6-3-4-11-8(6)9(13)12-7(2)5-10/h3-4,7,11H,1-2H3,(H,12,13)/t7-/m0/s1. The molecule has 0 fully saturated rings. The molecule has 1 aromatic rings. The molecule has 0 saturated carbocycles. The van der Waals surface area contributed by atoms with Gasteiger partial charge < -0.3 is 10.3 Å². The maximum atomic E-state index is 11.4. The number of nitrogens with zero attached hydrogens (tertiary/aromatic N) is 1. The third-order valence-corrected chi connectivity index (χ3v) is 1.72. The number of aryl methyl sites for hydroxylation is 1. The second-order valence-electron chi connectivity index (χ2n) is 2.86. The first-order chi connectivity index (χ1) is 6.15. The highest BCUT2D eigenvalue weighted by Gasteiger charge is 2.11. The monoisotopic (exact) mass is 177 g/mol. The molecular formula is C9H11N3O. The zero-order valence-electron chi connectivity index (χ0n) is 7.59. The van der Waals surface area contributed by atoms with E-state index in [4.69, 9.17) is 5.26 Å². The molecule has 13 heavy (non-hydrogen) atoms. The highest BCUT2D eigenvalue weighted by molar-refractivity contribution is 5.94. The molecule has 0 bridgehead atoms. The first kappa shape index (κ1) is 9.33. The van der Waals surface area contributed by atoms with E-state index in [2.05, 4.69) is 10.3 Å². The Bertz CT molecular complexity index is 348. The van der Waals surface area contributed by atoms with E-state index in [1.165, 1.54) is 0 Å². The summed E-state index contributed by atoms with van der Waals surface area (Å²) in [5, 5.41) is 11.0. The fourth-order valence-electron chi connectivity index (χ4n) is 0.993. The van der Waals surface area contributed by atoms with E-state index in [9.17, 15) is 4.79 Å². The van der Waals surface area contributed by atoms with Crippen molar-refractivity contribution in [3.8, 4) is 6.07 Å². The molecule has 2 N–H and O–H groups in total. The Morgan fingerprint density at radius 2 is 2.46 bits per heavy atom. The van der Waals surface area contributed by atoms with Crippen molar-refractivity contribution in [2.45, 2.75) is 19.9 Å². The van der Waals surface area contributed by atoms with Crippen molar-refractivity contribution < 1.29 is 4.79 Å². The van der Waals surface area contributed by atoms with Gasteiger partial charge in [-0.1, -0.05) is 0 Å². The van der Waals surface area contributed by atoms with Crippen LogP contribution in [0, 0.1) is 18.3 Å². The van der Waals surface area contributed by atoms with Gasteiger partial charge in [-0.25, -0.2) is 0 Å². The molecule has 0 aromatic carbocycles. The van der Waals surface area contributed by atoms with Crippen LogP contribution in [0.1, 0.15) is 23.0 Å². The zero-order valence-corrected chi connectivity index (χ0v) is 7.59. The van der Waals surface area contributed by atoms with Crippen LogP contribution in [0.3, 0.4) is 0 Å². The minimum absolute atomic E-state index is 0.239. The van der Waals surface area contributed by atoms with Gasteiger partial charge >= 0.3 is 0 Å². The van der Waals surface area contributed by atoms with Crippen molar-refractivity contribution >= 4 is 5.91 Å². The molecule has 0 spiro atoms. The molecule has 0 aliphatic carbocycles. The molecule has 4 nitrogen and oxygen atoms in total. The molecule has 0 aliphatic heterocycles. The Morgan fingerprint density at radius 3 is 2.92 bits per heavy atom. The number of nitrogens with one attached hydrogen (secondary N) is 2. The number of carbonyl (C=O) groups excluding carboxylic acids is 1. The summed E-state index contributed by atoms with van der Waals surface area (Å²) in [6, 6.07) is 3.28. The summed E-state index contributed by atoms with van der Waals surface area (Å²) in [6.45, 7) is 3.47. The van der Waals surface area contributed by atoms with Gasteiger partial charge in [0.05, 0.1) is 6.07 Å². The van der Waals surface area contributed by atoms with Crippen LogP contribution in [-0.4, -0.2) is 16.9 Å². The van der Waals surface area contributed by atoms with Crippen LogP contribution in [0.4, 0.5) is 0 Å². The van der Waals surface area contributed by atoms with Gasteiger partial charge in [-0.15, -0.1) is 0 Å². The summed E-state index contributed by atoms with van der Waals surface area (Å²) in [6.07, 6.45) is 1.70. The molecule has 0 unspecified atom stereocenters. The fourth-order valence-corrected chi connectivity index (χ4v) is 0.993. The van der Waals surface area contributed by atoms with Crippen LogP contribution in [-0.2, 0) is 0 Å². The molecule has 0 saturated heterocycles. The van der Waals surface area contributed by atoms with E-state index in [0.29, 0.717) is 5.69 Å². The van der Waals surface area contributed by atoms with Crippen molar-refractivity contribution in [3.05, 3.63) is 23.5 Å². The Hall–Kier alpha value is -1.76. The third kappa shape index (κ3) is 2.09. The first-order valence-corrected chi connectivity index (χ1v) is 3.99. The van der Waals surface area contributed by atoms with Crippen molar-refractivity contribution in [1.29, 1.82) is 5.26 Å². The van der Waals surface area contributed by atoms with Crippen molar-refractivity contribution in [3.63, 3.8) is 0 Å². The van der Waals surface area contributed by atoms with Crippen LogP contribution >= 0.6 is 0 Å². The van der Waals surface area contributed by atoms with Gasteiger partial charge in [0.2, 0.25) is 0 Å². The van der Waals surface area contributed by atoms with Gasteiger partial charge in [0.25, 0.3) is 5.91 Å². The smallest absolute Gasteiger partial charge is 0.268 e. The van der Waals surface area contributed by atoms with Crippen molar-refractivity contribution in [2.24, 2.45) is 0 Å². The summed E-state index contributed by atoms with van der Waals surface area (Å²) in [7, 11) is 0. The Balaban J connectivity index is 2.71. The van der Waals surface area contributed by atoms with E-state index < -0.39 is 6.04 Å². The zero-order chi connectivity index (χ0) is 9.84. The number of hydrogen-bond donors (Lipinski definition) is 2. The predicted octanol–water partition coefficient (Wildman–Crippen LogP) is 0.965. The molecule has 68 valence electrons. The molecule has 1 amide bonds. The molecular weight excluding hydrogens is 166 g/mol. The van der Waals surface area contributed by atoms with Crippen LogP contribution in [0.25, 0.3) is 0 Å². The lowest BCUT2D eigenvalue weighted by Gasteiger charge is -2.05. The van der Waals surface area contributed by atoms with E-state index >= 15 is 0 Å². The highest BCUT2D eigenvalue weighted by atomic mass is 16.1. The van der Waals surface area contributed by atoms with Gasteiger partial charge in [-0.05, 0) is 25.5 Å². The number of rotatable bonds is 2. The summed E-state index contributed by atoms with van der Waals surface area (Å²) >= 11 is 0. The maximum absolute atomic E-state index is 11.4. The topological polar surface area (TPSA) is 68.7 Å². The summed E-state index contributed by atoms with van der Waals surface area (Å²) in [4.78, 5) is 14.2. The highest BCUT2D eigenvalue weighted by Crippen LogP contribution is 2.03. The summed E-state index contributed by atoms with van der Waals surface area (Å²) in [5.74, 6) is -0.239. The number of aromatic nitrogens is 1. The van der Waals surface area contributed by atoms with Gasteiger partial charge in [-0.2, -0.15) is 5.26 Å². The molecule has 1 rings (SSSR count). The number of hydrogen-bond acceptors (Lipinski definition) is 2. The van der Waals surface area contributed by atoms with Gasteiger partial charge in [-0.3, -0.25) is 4.79 Å². The minimum Gasteiger partial charge on any atom is -0.357 e. The Labute approximate surface area is 76.6 Å². The van der Waals surface area contributed by atoms with Crippen molar-refractivity contribution in [2.75, 3.05) is 0 Å². The first-order valence-electron chi connectivity index (χ1n) is 3.99. The summed E-state index contributed by atoms with van der Waals surface area (Å²) < 4.78 is 0. The number of amides is 1. The van der Waals surface area contributed by atoms with Gasteiger partial charge in [0.1, 0.15) is 11.7 Å². The number of nitriles is 1. The van der Waals surface area contributed by atoms with Crippen LogP contribution in [0.15, 0.2) is 12.3 Å². The fraction of sp³-hybridized carbons (Fsp3) is 0.333. The third-order valence-electron chi connectivity index (χ3n) is 1.72. The van der Waals surface area contributed by atoms with E-state index in [1.54, 1.807) is 13.1 Å². The largest absolute Gasteiger partial charge is 0.357 e. The molecule has 0 radical (unpaired) electrons. The van der Waals surface area contributed by atoms with E-state index in [1.807, 2.05) is 19.1 Å². The minimum atomic E-state index is -0.463. The quantitative estimate of drug-likeness (QED) is 0.706. The second kappa shape index (κ2) is 3.76. The second-order valence-corrected chi connectivity index (χ2v) is 2.86. The molecule has 0 aliphatic rings. The normalized spacial score (nSPS) is 11.8. The molecule has 1 aromatic heterocycles. The molecule has 1 atom stereocenters. The van der Waals surface area contributed by atoms with E-state index in [0.717, 1.165) is 5.56 Å². The molecule has 4 heteroatoms. The van der Waals surface area contributed by atoms with Crippen LogP contribution in [0.5, 0.6) is 0 Å². The average molecular weight is 177 g/mol. The number of carbonyl (C=O) groups is 1. The lowest BCUT2D eigenvalue weighted by atomic mass is 10.2. The van der Waals surface area contributed by atoms with E-state index in [-0.39, 0.29) is 5.91 Å². The SMILES string of the molecule is Cc1cc[nH]c1C(=O)N[C@@H](C)C#N. The Morgan fingerprint density at radius 1 is 1.77 bits per heavy atom. The predicted molar refractivity (Wildman–Crippen MR) is 48.1 cm³/mol.